The highest BCUT2D eigenvalue weighted by Crippen LogP contribution is 2.33. The monoisotopic (exact) mass is 511 g/mol. The molecule has 7 heteroatoms. The van der Waals surface area contributed by atoms with E-state index in [9.17, 15) is 14.7 Å². The number of anilines is 2. The molecule has 7 nitrogen and oxygen atoms in total. The van der Waals surface area contributed by atoms with Crippen molar-refractivity contribution < 1.29 is 14.3 Å². The van der Waals surface area contributed by atoms with Crippen molar-refractivity contribution in [3.63, 3.8) is 0 Å². The highest BCUT2D eigenvalue weighted by Gasteiger charge is 2.21. The molecule has 1 fully saturated rings. The first-order valence-corrected chi connectivity index (χ1v) is 12.9. The number of rotatable bonds is 6. The number of hydrogen-bond acceptors (Lipinski definition) is 6. The fraction of sp³-hybridized carbons (Fsp3) is 0.290. The van der Waals surface area contributed by atoms with Crippen molar-refractivity contribution in [2.24, 2.45) is 0 Å². The molecule has 3 aromatic carbocycles. The smallest absolute Gasteiger partial charge is 0.337 e. The van der Waals surface area contributed by atoms with E-state index in [1.807, 2.05) is 45.0 Å². The maximum atomic E-state index is 13.5. The lowest BCUT2D eigenvalue weighted by Crippen LogP contribution is -2.44. The average Bonchev–Trinajstić information content (AvgIpc) is 2.91. The lowest BCUT2D eigenvalue weighted by atomic mass is 9.98. The largest absolute Gasteiger partial charge is 0.478 e. The number of nitrogens with zero attached hydrogens (tertiary/aromatic N) is 2. The Hall–Kier alpha value is -4.10. The van der Waals surface area contributed by atoms with E-state index in [0.29, 0.717) is 28.0 Å². The molecule has 2 heterocycles. The average molecular weight is 512 g/mol. The Balaban J connectivity index is 1.55. The Morgan fingerprint density at radius 2 is 1.68 bits per heavy atom. The van der Waals surface area contributed by atoms with Crippen LogP contribution in [0.5, 0.6) is 0 Å². The van der Waals surface area contributed by atoms with Crippen LogP contribution in [0.1, 0.15) is 40.0 Å². The van der Waals surface area contributed by atoms with Crippen molar-refractivity contribution in [1.29, 1.82) is 0 Å². The Bertz CT molecular complexity index is 1550. The van der Waals surface area contributed by atoms with Gasteiger partial charge in [-0.25, -0.2) is 4.79 Å². The third-order valence-electron chi connectivity index (χ3n) is 7.39. The number of likely N-dealkylation sites (N-methyl/N-ethyl adjacent to an activating group) is 1. The van der Waals surface area contributed by atoms with Crippen LogP contribution in [0.25, 0.3) is 22.3 Å². The number of carbonyl (C=O) groups is 1. The molecule has 1 unspecified atom stereocenters. The molecule has 1 aliphatic heterocycles. The number of aromatic carboxylic acids is 1. The molecule has 0 spiro atoms. The molecular formula is C31H33N3O4. The second kappa shape index (κ2) is 10.3. The van der Waals surface area contributed by atoms with E-state index in [4.69, 9.17) is 4.42 Å². The number of fused-ring (bicyclic) bond motifs is 1. The molecule has 196 valence electrons. The number of carboxylic acid groups (broad SMARTS) is 1. The molecule has 1 aliphatic rings. The van der Waals surface area contributed by atoms with Crippen LogP contribution < -0.4 is 15.6 Å². The third kappa shape index (κ3) is 4.89. The van der Waals surface area contributed by atoms with Crippen molar-refractivity contribution in [3.05, 3.63) is 93.1 Å². The van der Waals surface area contributed by atoms with Gasteiger partial charge in [-0.05, 0) is 75.8 Å². The van der Waals surface area contributed by atoms with E-state index >= 15 is 0 Å². The topological polar surface area (TPSA) is 86.0 Å². The molecule has 0 amide bonds. The summed E-state index contributed by atoms with van der Waals surface area (Å²) in [4.78, 5) is 29.9. The van der Waals surface area contributed by atoms with Gasteiger partial charge in [0.15, 0.2) is 5.43 Å². The normalized spacial score (nSPS) is 15.0. The summed E-state index contributed by atoms with van der Waals surface area (Å²) in [6, 6.07) is 18.6. The number of carboxylic acids is 1. The minimum atomic E-state index is -1.00. The summed E-state index contributed by atoms with van der Waals surface area (Å²) in [5, 5.41) is 13.4. The highest BCUT2D eigenvalue weighted by molar-refractivity contribution is 5.94. The standard InChI is InChI=1S/C31H33N3O4/c1-19-17-25(21(3)32-27-8-6-5-7-24(27)31(36)37)30-26(18-19)28(35)20(2)29(38-30)22-9-11-23(12-10-22)34-15-13-33(4)14-16-34/h5-12,17-18,21,32H,13-16H2,1-4H3,(H,36,37). The number of para-hydroxylation sites is 1. The Morgan fingerprint density at radius 1 is 1.00 bits per heavy atom. The summed E-state index contributed by atoms with van der Waals surface area (Å²) in [6.45, 7) is 9.73. The fourth-order valence-electron chi connectivity index (χ4n) is 5.16. The molecule has 0 saturated carbocycles. The van der Waals surface area contributed by atoms with Crippen molar-refractivity contribution in [2.75, 3.05) is 43.4 Å². The molecule has 5 rings (SSSR count). The van der Waals surface area contributed by atoms with Crippen LogP contribution >= 0.6 is 0 Å². The number of benzene rings is 3. The first kappa shape index (κ1) is 25.5. The zero-order valence-corrected chi connectivity index (χ0v) is 22.2. The van der Waals surface area contributed by atoms with Gasteiger partial charge in [0.05, 0.1) is 17.0 Å². The third-order valence-corrected chi connectivity index (χ3v) is 7.39. The molecule has 0 radical (unpaired) electrons. The highest BCUT2D eigenvalue weighted by atomic mass is 16.4. The minimum Gasteiger partial charge on any atom is -0.478 e. The van der Waals surface area contributed by atoms with Gasteiger partial charge in [-0.15, -0.1) is 0 Å². The number of piperazine rings is 1. The molecule has 1 aromatic heterocycles. The maximum absolute atomic E-state index is 13.5. The van der Waals surface area contributed by atoms with Gasteiger partial charge in [0.25, 0.3) is 0 Å². The summed E-state index contributed by atoms with van der Waals surface area (Å²) in [5.41, 5.74) is 5.46. The van der Waals surface area contributed by atoms with E-state index in [1.165, 1.54) is 0 Å². The predicted molar refractivity (Wildman–Crippen MR) is 153 cm³/mol. The Labute approximate surface area is 222 Å². The van der Waals surface area contributed by atoms with E-state index in [0.717, 1.165) is 48.6 Å². The van der Waals surface area contributed by atoms with Gasteiger partial charge < -0.3 is 24.6 Å². The van der Waals surface area contributed by atoms with Crippen LogP contribution in [0.4, 0.5) is 11.4 Å². The van der Waals surface area contributed by atoms with Gasteiger partial charge in [-0.3, -0.25) is 4.79 Å². The summed E-state index contributed by atoms with van der Waals surface area (Å²) >= 11 is 0. The maximum Gasteiger partial charge on any atom is 0.337 e. The van der Waals surface area contributed by atoms with Crippen LogP contribution in [-0.4, -0.2) is 49.2 Å². The van der Waals surface area contributed by atoms with E-state index in [-0.39, 0.29) is 17.0 Å². The fourth-order valence-corrected chi connectivity index (χ4v) is 5.16. The number of nitrogens with one attached hydrogen (secondary N) is 1. The molecule has 1 atom stereocenters. The van der Waals surface area contributed by atoms with E-state index in [1.54, 1.807) is 24.3 Å². The number of aryl methyl sites for hydroxylation is 1. The Kier molecular flexibility index (Phi) is 6.95. The first-order valence-electron chi connectivity index (χ1n) is 12.9. The first-order chi connectivity index (χ1) is 18.2. The van der Waals surface area contributed by atoms with Gasteiger partial charge in [0.1, 0.15) is 11.3 Å². The zero-order valence-electron chi connectivity index (χ0n) is 22.2. The SMILES string of the molecule is Cc1cc(C(C)Nc2ccccc2C(=O)O)c2oc(-c3ccc(N4CCN(C)CC4)cc3)c(C)c(=O)c2c1. The van der Waals surface area contributed by atoms with Gasteiger partial charge in [-0.1, -0.05) is 18.2 Å². The van der Waals surface area contributed by atoms with Crippen molar-refractivity contribution >= 4 is 28.3 Å². The van der Waals surface area contributed by atoms with Crippen molar-refractivity contribution in [3.8, 4) is 11.3 Å². The minimum absolute atomic E-state index is 0.0625. The van der Waals surface area contributed by atoms with Gasteiger partial charge in [0, 0.05) is 54.2 Å². The van der Waals surface area contributed by atoms with Crippen LogP contribution in [0.3, 0.4) is 0 Å². The molecule has 2 N–H and O–H groups in total. The second-order valence-corrected chi connectivity index (χ2v) is 10.2. The lowest BCUT2D eigenvalue weighted by Gasteiger charge is -2.34. The van der Waals surface area contributed by atoms with Gasteiger partial charge in [-0.2, -0.15) is 0 Å². The molecule has 1 saturated heterocycles. The number of hydrogen-bond donors (Lipinski definition) is 2. The lowest BCUT2D eigenvalue weighted by molar-refractivity contribution is 0.0698. The van der Waals surface area contributed by atoms with Gasteiger partial charge >= 0.3 is 5.97 Å². The van der Waals surface area contributed by atoms with Crippen LogP contribution in [0.15, 0.2) is 69.9 Å². The second-order valence-electron chi connectivity index (χ2n) is 10.2. The molecule has 4 aromatic rings. The summed E-state index contributed by atoms with van der Waals surface area (Å²) < 4.78 is 6.50. The van der Waals surface area contributed by atoms with Crippen molar-refractivity contribution in [1.82, 2.24) is 4.90 Å². The molecular weight excluding hydrogens is 478 g/mol. The van der Waals surface area contributed by atoms with Gasteiger partial charge in [0.2, 0.25) is 0 Å². The molecule has 0 bridgehead atoms. The predicted octanol–water partition coefficient (Wildman–Crippen LogP) is 5.70. The van der Waals surface area contributed by atoms with Crippen LogP contribution in [0.2, 0.25) is 0 Å². The quantitative estimate of drug-likeness (QED) is 0.343. The summed E-state index contributed by atoms with van der Waals surface area (Å²) in [7, 11) is 2.14. The summed E-state index contributed by atoms with van der Waals surface area (Å²) in [6.07, 6.45) is 0. The zero-order chi connectivity index (χ0) is 27.0. The molecule has 0 aliphatic carbocycles. The summed E-state index contributed by atoms with van der Waals surface area (Å²) in [5.74, 6) is -0.450. The van der Waals surface area contributed by atoms with Crippen LogP contribution in [0, 0.1) is 13.8 Å². The van der Waals surface area contributed by atoms with E-state index < -0.39 is 5.97 Å². The van der Waals surface area contributed by atoms with E-state index in [2.05, 4.69) is 34.3 Å². The van der Waals surface area contributed by atoms with Crippen molar-refractivity contribution in [2.45, 2.75) is 26.8 Å². The Morgan fingerprint density at radius 3 is 2.37 bits per heavy atom. The molecule has 38 heavy (non-hydrogen) atoms. The van der Waals surface area contributed by atoms with Crippen LogP contribution in [-0.2, 0) is 0 Å².